The van der Waals surface area contributed by atoms with E-state index in [-0.39, 0.29) is 12.2 Å². The third kappa shape index (κ3) is 3.78. The molecule has 6 nitrogen and oxygen atoms in total. The molecule has 2 heterocycles. The lowest BCUT2D eigenvalue weighted by atomic mass is 10.0. The van der Waals surface area contributed by atoms with Crippen molar-refractivity contribution in [1.82, 2.24) is 9.38 Å². The number of pyridine rings is 1. The number of ether oxygens (including phenoxy) is 1. The first-order chi connectivity index (χ1) is 12.5. The van der Waals surface area contributed by atoms with E-state index in [1.165, 1.54) is 34.7 Å². The third-order valence-corrected chi connectivity index (χ3v) is 3.96. The van der Waals surface area contributed by atoms with Crippen LogP contribution in [0.25, 0.3) is 5.65 Å². The van der Waals surface area contributed by atoms with E-state index in [0.717, 1.165) is 5.56 Å². The van der Waals surface area contributed by atoms with Crippen molar-refractivity contribution in [1.29, 1.82) is 0 Å². The molecule has 0 spiro atoms. The first-order valence-corrected chi connectivity index (χ1v) is 8.00. The molecule has 0 aliphatic carbocycles. The van der Waals surface area contributed by atoms with Gasteiger partial charge in [0.25, 0.3) is 5.56 Å². The van der Waals surface area contributed by atoms with Gasteiger partial charge in [-0.05, 0) is 36.2 Å². The second kappa shape index (κ2) is 7.45. The molecule has 3 aromatic rings. The van der Waals surface area contributed by atoms with Crippen LogP contribution in [0.2, 0.25) is 0 Å². The molecule has 0 amide bonds. The van der Waals surface area contributed by atoms with E-state index in [0.29, 0.717) is 16.9 Å². The van der Waals surface area contributed by atoms with Crippen LogP contribution in [0.4, 0.5) is 4.39 Å². The van der Waals surface area contributed by atoms with Crippen molar-refractivity contribution in [2.45, 2.75) is 19.4 Å². The highest BCUT2D eigenvalue weighted by molar-refractivity contribution is 5.78. The number of aliphatic hydroxyl groups excluding tert-OH is 1. The molecule has 1 unspecified atom stereocenters. The maximum atomic E-state index is 13.0. The first kappa shape index (κ1) is 17.8. The number of carbonyl (C=O) groups excluding carboxylic acids is 1. The second-order valence-corrected chi connectivity index (χ2v) is 5.91. The Labute approximate surface area is 148 Å². The van der Waals surface area contributed by atoms with Crippen LogP contribution in [-0.4, -0.2) is 27.1 Å². The Kier molecular flexibility index (Phi) is 5.09. The average molecular weight is 356 g/mol. The number of halogens is 1. The molecular formula is C19H17FN2O4. The van der Waals surface area contributed by atoms with Crippen LogP contribution in [0.5, 0.6) is 0 Å². The van der Waals surface area contributed by atoms with Crippen molar-refractivity contribution in [2.24, 2.45) is 0 Å². The quantitative estimate of drug-likeness (QED) is 0.707. The summed E-state index contributed by atoms with van der Waals surface area (Å²) in [6, 6.07) is 10.1. The molecule has 0 aliphatic heterocycles. The lowest BCUT2D eigenvalue weighted by molar-refractivity contribution is -0.147. The molecule has 1 atom stereocenters. The van der Waals surface area contributed by atoms with E-state index in [1.807, 2.05) is 13.0 Å². The van der Waals surface area contributed by atoms with E-state index in [1.54, 1.807) is 12.3 Å². The monoisotopic (exact) mass is 356 g/mol. The molecular weight excluding hydrogens is 339 g/mol. The van der Waals surface area contributed by atoms with Crippen LogP contribution < -0.4 is 5.56 Å². The number of aromatic nitrogens is 2. The summed E-state index contributed by atoms with van der Waals surface area (Å²) in [5.41, 5.74) is 1.85. The van der Waals surface area contributed by atoms with Crippen molar-refractivity contribution in [3.05, 3.63) is 81.7 Å². The van der Waals surface area contributed by atoms with E-state index in [9.17, 15) is 19.1 Å². The molecule has 1 N–H and O–H groups in total. The van der Waals surface area contributed by atoms with Gasteiger partial charge in [0, 0.05) is 12.3 Å². The maximum absolute atomic E-state index is 13.0. The lowest BCUT2D eigenvalue weighted by Gasteiger charge is -2.14. The topological polar surface area (TPSA) is 80.9 Å². The summed E-state index contributed by atoms with van der Waals surface area (Å²) in [4.78, 5) is 28.7. The predicted molar refractivity (Wildman–Crippen MR) is 92.2 cm³/mol. The van der Waals surface area contributed by atoms with Gasteiger partial charge in [0.2, 0.25) is 0 Å². The van der Waals surface area contributed by atoms with Gasteiger partial charge >= 0.3 is 5.97 Å². The molecule has 0 aliphatic rings. The van der Waals surface area contributed by atoms with Crippen molar-refractivity contribution in [3.8, 4) is 0 Å². The molecule has 1 aromatic carbocycles. The molecule has 3 rings (SSSR count). The Morgan fingerprint density at radius 3 is 2.69 bits per heavy atom. The van der Waals surface area contributed by atoms with Gasteiger partial charge in [-0.15, -0.1) is 0 Å². The Morgan fingerprint density at radius 1 is 1.27 bits per heavy atom. The van der Waals surface area contributed by atoms with Gasteiger partial charge in [-0.25, -0.2) is 9.37 Å². The molecule has 26 heavy (non-hydrogen) atoms. The first-order valence-electron chi connectivity index (χ1n) is 8.00. The van der Waals surface area contributed by atoms with Crippen molar-refractivity contribution < 1.29 is 19.0 Å². The van der Waals surface area contributed by atoms with Gasteiger partial charge < -0.3 is 9.84 Å². The number of hydrogen-bond donors (Lipinski definition) is 1. The zero-order valence-corrected chi connectivity index (χ0v) is 14.1. The normalized spacial score (nSPS) is 12.1. The number of hydrogen-bond acceptors (Lipinski definition) is 5. The van der Waals surface area contributed by atoms with E-state index in [2.05, 4.69) is 4.98 Å². The number of nitrogens with zero attached hydrogens (tertiary/aromatic N) is 2. The summed E-state index contributed by atoms with van der Waals surface area (Å²) >= 11 is 0. The smallest absolute Gasteiger partial charge is 0.316 e. The molecule has 7 heteroatoms. The average Bonchev–Trinajstić information content (AvgIpc) is 2.63. The van der Waals surface area contributed by atoms with Crippen molar-refractivity contribution in [3.63, 3.8) is 0 Å². The fourth-order valence-corrected chi connectivity index (χ4v) is 2.59. The minimum Gasteiger partial charge on any atom is -0.459 e. The van der Waals surface area contributed by atoms with Gasteiger partial charge in [-0.1, -0.05) is 18.2 Å². The fraction of sp³-hybridized carbons (Fsp3) is 0.211. The van der Waals surface area contributed by atoms with Crippen LogP contribution in [0.3, 0.4) is 0 Å². The minimum atomic E-state index is -0.931. The van der Waals surface area contributed by atoms with E-state index >= 15 is 0 Å². The Morgan fingerprint density at radius 2 is 2.00 bits per heavy atom. The number of carbonyl (C=O) groups is 1. The van der Waals surface area contributed by atoms with Crippen LogP contribution in [-0.2, 0) is 16.1 Å². The van der Waals surface area contributed by atoms with E-state index < -0.39 is 24.3 Å². The van der Waals surface area contributed by atoms with Crippen LogP contribution in [0, 0.1) is 12.7 Å². The highest BCUT2D eigenvalue weighted by atomic mass is 19.1. The van der Waals surface area contributed by atoms with Gasteiger partial charge in [0.1, 0.15) is 24.0 Å². The Hall–Kier alpha value is -3.06. The number of benzene rings is 1. The number of fused-ring (bicyclic) bond motifs is 1. The lowest BCUT2D eigenvalue weighted by Crippen LogP contribution is -2.21. The predicted octanol–water partition coefficient (Wildman–Crippen LogP) is 1.96. The molecule has 2 aromatic heterocycles. The molecule has 0 saturated heterocycles. The number of esters is 1. The Bertz CT molecular complexity index is 999. The summed E-state index contributed by atoms with van der Waals surface area (Å²) in [7, 11) is 0. The van der Waals surface area contributed by atoms with Crippen molar-refractivity contribution >= 4 is 11.6 Å². The standard InChI is InChI=1S/C19H17FN2O4/c1-12-2-7-17-21-15(8-18(24)22(17)9-12)11-26-19(25)16(10-23)13-3-5-14(20)6-4-13/h2-9,16,23H,10-11H2,1H3. The highest BCUT2D eigenvalue weighted by Gasteiger charge is 2.21. The largest absolute Gasteiger partial charge is 0.459 e. The maximum Gasteiger partial charge on any atom is 0.316 e. The fourth-order valence-electron chi connectivity index (χ4n) is 2.59. The SMILES string of the molecule is Cc1ccc2nc(COC(=O)C(CO)c3ccc(F)cc3)cc(=O)n2c1. The molecule has 0 radical (unpaired) electrons. The van der Waals surface area contributed by atoms with Crippen LogP contribution in [0.15, 0.2) is 53.5 Å². The van der Waals surface area contributed by atoms with E-state index in [4.69, 9.17) is 4.74 Å². The van der Waals surface area contributed by atoms with Gasteiger partial charge in [-0.3, -0.25) is 14.0 Å². The minimum absolute atomic E-state index is 0.198. The van der Waals surface area contributed by atoms with Gasteiger partial charge in [0.15, 0.2) is 0 Å². The number of aryl methyl sites for hydroxylation is 1. The zero-order chi connectivity index (χ0) is 18.7. The van der Waals surface area contributed by atoms with Gasteiger partial charge in [-0.2, -0.15) is 0 Å². The zero-order valence-electron chi connectivity index (χ0n) is 14.1. The number of rotatable bonds is 5. The molecule has 134 valence electrons. The summed E-state index contributed by atoms with van der Waals surface area (Å²) in [6.45, 7) is 1.19. The van der Waals surface area contributed by atoms with Crippen LogP contribution in [0.1, 0.15) is 22.7 Å². The third-order valence-electron chi connectivity index (χ3n) is 3.96. The number of aliphatic hydroxyl groups is 1. The summed E-state index contributed by atoms with van der Waals surface area (Å²) in [5, 5.41) is 9.46. The summed E-state index contributed by atoms with van der Waals surface area (Å²) in [5.74, 6) is -2.04. The summed E-state index contributed by atoms with van der Waals surface area (Å²) < 4.78 is 19.6. The van der Waals surface area contributed by atoms with Gasteiger partial charge in [0.05, 0.1) is 12.3 Å². The highest BCUT2D eigenvalue weighted by Crippen LogP contribution is 2.18. The Balaban J connectivity index is 1.76. The molecule has 0 bridgehead atoms. The summed E-state index contributed by atoms with van der Waals surface area (Å²) in [6.07, 6.45) is 1.68. The molecule has 0 fully saturated rings. The second-order valence-electron chi connectivity index (χ2n) is 5.91. The van der Waals surface area contributed by atoms with Crippen molar-refractivity contribution in [2.75, 3.05) is 6.61 Å². The molecule has 0 saturated carbocycles. The van der Waals surface area contributed by atoms with Crippen LogP contribution >= 0.6 is 0 Å².